The second-order valence-electron chi connectivity index (χ2n) is 5.39. The maximum atomic E-state index is 10.8. The Bertz CT molecular complexity index is 427. The Kier molecular flexibility index (Phi) is 6.02. The summed E-state index contributed by atoms with van der Waals surface area (Å²) in [5, 5.41) is 12.3. The number of rotatable bonds is 7. The summed E-state index contributed by atoms with van der Waals surface area (Å²) in [6, 6.07) is 7.60. The third-order valence-electron chi connectivity index (χ3n) is 3.79. The second-order valence-corrected chi connectivity index (χ2v) is 5.39. The molecule has 1 unspecified atom stereocenters. The number of carboxylic acid groups (broad SMARTS) is 1. The van der Waals surface area contributed by atoms with Crippen molar-refractivity contribution < 1.29 is 14.6 Å². The fourth-order valence-corrected chi connectivity index (χ4v) is 2.64. The number of hydrogen-bond acceptors (Lipinski definition) is 3. The van der Waals surface area contributed by atoms with E-state index in [1.165, 1.54) is 12.8 Å². The zero-order valence-electron chi connectivity index (χ0n) is 11.8. The molecule has 1 aliphatic heterocycles. The molecule has 1 aromatic rings. The molecule has 1 atom stereocenters. The van der Waals surface area contributed by atoms with Gasteiger partial charge in [-0.15, -0.1) is 0 Å². The molecule has 0 spiro atoms. The lowest BCUT2D eigenvalue weighted by Crippen LogP contribution is -2.30. The number of carbonyl (C=O) groups is 1. The topological polar surface area (TPSA) is 58.6 Å². The largest absolute Gasteiger partial charge is 0.481 e. The lowest BCUT2D eigenvalue weighted by molar-refractivity contribution is -0.136. The number of piperidine rings is 1. The van der Waals surface area contributed by atoms with Gasteiger partial charge in [-0.25, -0.2) is 0 Å². The van der Waals surface area contributed by atoms with E-state index >= 15 is 0 Å². The van der Waals surface area contributed by atoms with Gasteiger partial charge in [0.1, 0.15) is 0 Å². The van der Waals surface area contributed by atoms with Crippen molar-refractivity contribution in [3.8, 4) is 0 Å². The molecule has 1 fully saturated rings. The Labute approximate surface area is 120 Å². The highest BCUT2D eigenvalue weighted by Crippen LogP contribution is 2.15. The molecule has 0 aromatic heterocycles. The van der Waals surface area contributed by atoms with Crippen LogP contribution in [0.15, 0.2) is 24.3 Å². The summed E-state index contributed by atoms with van der Waals surface area (Å²) in [6.07, 6.45) is 3.68. The lowest BCUT2D eigenvalue weighted by Gasteiger charge is -2.22. The zero-order chi connectivity index (χ0) is 14.2. The van der Waals surface area contributed by atoms with Crippen molar-refractivity contribution in [1.82, 2.24) is 5.32 Å². The van der Waals surface area contributed by atoms with Crippen molar-refractivity contribution in [2.75, 3.05) is 19.7 Å². The number of aliphatic carboxylic acids is 1. The van der Waals surface area contributed by atoms with Crippen LogP contribution >= 0.6 is 0 Å². The highest BCUT2D eigenvalue weighted by atomic mass is 16.5. The number of benzene rings is 1. The first kappa shape index (κ1) is 15.0. The van der Waals surface area contributed by atoms with Gasteiger partial charge in [-0.2, -0.15) is 0 Å². The van der Waals surface area contributed by atoms with Crippen LogP contribution in [0.25, 0.3) is 0 Å². The monoisotopic (exact) mass is 277 g/mol. The van der Waals surface area contributed by atoms with Crippen LogP contribution in [0.4, 0.5) is 0 Å². The molecule has 2 rings (SSSR count). The molecule has 0 radical (unpaired) electrons. The van der Waals surface area contributed by atoms with Gasteiger partial charge in [0.15, 0.2) is 0 Å². The van der Waals surface area contributed by atoms with Crippen molar-refractivity contribution in [2.45, 2.75) is 32.3 Å². The Morgan fingerprint density at radius 1 is 1.35 bits per heavy atom. The summed E-state index contributed by atoms with van der Waals surface area (Å²) in [4.78, 5) is 10.8. The zero-order valence-corrected chi connectivity index (χ0v) is 11.8. The Balaban J connectivity index is 1.74. The van der Waals surface area contributed by atoms with Crippen LogP contribution in [0.5, 0.6) is 0 Å². The van der Waals surface area contributed by atoms with E-state index < -0.39 is 5.97 Å². The maximum absolute atomic E-state index is 10.8. The van der Waals surface area contributed by atoms with E-state index in [4.69, 9.17) is 9.84 Å². The van der Waals surface area contributed by atoms with Gasteiger partial charge in [-0.05, 0) is 49.4 Å². The van der Waals surface area contributed by atoms with Gasteiger partial charge in [0.05, 0.1) is 13.0 Å². The molecule has 0 saturated carbocycles. The van der Waals surface area contributed by atoms with Crippen LogP contribution in [0, 0.1) is 5.92 Å². The van der Waals surface area contributed by atoms with Crippen molar-refractivity contribution >= 4 is 5.97 Å². The molecule has 1 aromatic carbocycles. The molecule has 1 aliphatic rings. The summed E-state index contributed by atoms with van der Waals surface area (Å²) >= 11 is 0. The molecule has 4 nitrogen and oxygen atoms in total. The highest BCUT2D eigenvalue weighted by molar-refractivity contribution is 5.70. The Morgan fingerprint density at radius 2 is 2.15 bits per heavy atom. The van der Waals surface area contributed by atoms with E-state index in [1.807, 2.05) is 24.3 Å². The molecular formula is C16H23NO3. The number of ether oxygens (including phenoxy) is 1. The van der Waals surface area contributed by atoms with Crippen LogP contribution < -0.4 is 5.32 Å². The minimum Gasteiger partial charge on any atom is -0.481 e. The minimum atomic E-state index is -0.800. The summed E-state index contributed by atoms with van der Waals surface area (Å²) in [5.74, 6) is -0.0799. The molecule has 0 amide bonds. The standard InChI is InChI=1S/C16H23NO3/c18-16(19)10-14-5-1-2-6-15(14)12-20-9-7-13-4-3-8-17-11-13/h1-2,5-6,13,17H,3-4,7-12H2,(H,18,19). The predicted molar refractivity (Wildman–Crippen MR) is 77.6 cm³/mol. The van der Waals surface area contributed by atoms with E-state index in [9.17, 15) is 4.79 Å². The van der Waals surface area contributed by atoms with E-state index in [-0.39, 0.29) is 6.42 Å². The van der Waals surface area contributed by atoms with Crippen LogP contribution in [0.2, 0.25) is 0 Å². The van der Waals surface area contributed by atoms with Gasteiger partial charge >= 0.3 is 5.97 Å². The van der Waals surface area contributed by atoms with Gasteiger partial charge in [0.25, 0.3) is 0 Å². The molecule has 110 valence electrons. The highest BCUT2D eigenvalue weighted by Gasteiger charge is 2.12. The Morgan fingerprint density at radius 3 is 2.85 bits per heavy atom. The van der Waals surface area contributed by atoms with Crippen molar-refractivity contribution in [3.05, 3.63) is 35.4 Å². The Hall–Kier alpha value is -1.39. The smallest absolute Gasteiger partial charge is 0.307 e. The average Bonchev–Trinajstić information content (AvgIpc) is 2.46. The molecular weight excluding hydrogens is 254 g/mol. The quantitative estimate of drug-likeness (QED) is 0.750. The third kappa shape index (κ3) is 4.94. The summed E-state index contributed by atoms with van der Waals surface area (Å²) in [5.41, 5.74) is 1.83. The van der Waals surface area contributed by atoms with Gasteiger partial charge < -0.3 is 15.2 Å². The van der Waals surface area contributed by atoms with Gasteiger partial charge in [-0.3, -0.25) is 4.79 Å². The first-order valence-electron chi connectivity index (χ1n) is 7.32. The van der Waals surface area contributed by atoms with Crippen molar-refractivity contribution in [1.29, 1.82) is 0 Å². The fourth-order valence-electron chi connectivity index (χ4n) is 2.64. The molecule has 0 aliphatic carbocycles. The van der Waals surface area contributed by atoms with E-state index in [1.54, 1.807) is 0 Å². The number of hydrogen-bond donors (Lipinski definition) is 2. The number of nitrogens with one attached hydrogen (secondary N) is 1. The summed E-state index contributed by atoms with van der Waals surface area (Å²) in [6.45, 7) is 3.48. The molecule has 0 bridgehead atoms. The van der Waals surface area contributed by atoms with E-state index in [0.717, 1.165) is 43.2 Å². The molecule has 2 N–H and O–H groups in total. The van der Waals surface area contributed by atoms with Gasteiger partial charge in [0, 0.05) is 6.61 Å². The SMILES string of the molecule is O=C(O)Cc1ccccc1COCCC1CCCNC1. The molecule has 4 heteroatoms. The van der Waals surface area contributed by atoms with Crippen LogP contribution in [0.1, 0.15) is 30.4 Å². The molecule has 1 heterocycles. The first-order valence-corrected chi connectivity index (χ1v) is 7.32. The molecule has 1 saturated heterocycles. The minimum absolute atomic E-state index is 0.0616. The van der Waals surface area contributed by atoms with Crippen molar-refractivity contribution in [2.24, 2.45) is 5.92 Å². The number of carboxylic acids is 1. The van der Waals surface area contributed by atoms with Crippen LogP contribution in [-0.2, 0) is 22.6 Å². The van der Waals surface area contributed by atoms with Crippen molar-refractivity contribution in [3.63, 3.8) is 0 Å². The normalized spacial score (nSPS) is 18.9. The predicted octanol–water partition coefficient (Wildman–Crippen LogP) is 2.22. The fraction of sp³-hybridized carbons (Fsp3) is 0.562. The van der Waals surface area contributed by atoms with Gasteiger partial charge in [0.2, 0.25) is 0 Å². The van der Waals surface area contributed by atoms with E-state index in [0.29, 0.717) is 6.61 Å². The van der Waals surface area contributed by atoms with Crippen LogP contribution in [0.3, 0.4) is 0 Å². The lowest BCUT2D eigenvalue weighted by atomic mass is 9.97. The van der Waals surface area contributed by atoms with Crippen LogP contribution in [-0.4, -0.2) is 30.8 Å². The summed E-state index contributed by atoms with van der Waals surface area (Å²) in [7, 11) is 0. The maximum Gasteiger partial charge on any atom is 0.307 e. The molecule has 20 heavy (non-hydrogen) atoms. The average molecular weight is 277 g/mol. The van der Waals surface area contributed by atoms with E-state index in [2.05, 4.69) is 5.32 Å². The second kappa shape index (κ2) is 8.02. The summed E-state index contributed by atoms with van der Waals surface area (Å²) < 4.78 is 5.72. The van der Waals surface area contributed by atoms with Gasteiger partial charge in [-0.1, -0.05) is 24.3 Å². The third-order valence-corrected chi connectivity index (χ3v) is 3.79. The first-order chi connectivity index (χ1) is 9.75.